The van der Waals surface area contributed by atoms with E-state index in [1.54, 1.807) is 36.2 Å². The largest absolute Gasteiger partial charge is 0.342 e. The van der Waals surface area contributed by atoms with Gasteiger partial charge in [-0.25, -0.2) is 0 Å². The number of hydrogen-bond acceptors (Lipinski definition) is 5. The summed E-state index contributed by atoms with van der Waals surface area (Å²) in [4.78, 5) is 25.8. The van der Waals surface area contributed by atoms with Crippen molar-refractivity contribution in [2.75, 3.05) is 12.4 Å². The SMILES string of the molecule is CC(=O)N(C)Cc1cccc(NC(=O)c2cc(Cl)ccc2-n2cnnn2)c1. The Morgan fingerprint density at radius 1 is 1.22 bits per heavy atom. The number of nitrogens with one attached hydrogen (secondary N) is 1. The summed E-state index contributed by atoms with van der Waals surface area (Å²) < 4.78 is 1.39. The van der Waals surface area contributed by atoms with E-state index in [0.29, 0.717) is 28.5 Å². The summed E-state index contributed by atoms with van der Waals surface area (Å²) in [7, 11) is 1.72. The van der Waals surface area contributed by atoms with E-state index in [1.807, 2.05) is 18.2 Å². The van der Waals surface area contributed by atoms with Crippen molar-refractivity contribution >= 4 is 29.1 Å². The van der Waals surface area contributed by atoms with E-state index in [-0.39, 0.29) is 11.8 Å². The summed E-state index contributed by atoms with van der Waals surface area (Å²) in [5, 5.41) is 14.3. The Morgan fingerprint density at radius 3 is 2.74 bits per heavy atom. The molecule has 0 atom stereocenters. The van der Waals surface area contributed by atoms with E-state index >= 15 is 0 Å². The van der Waals surface area contributed by atoms with Crippen LogP contribution in [0.1, 0.15) is 22.8 Å². The third-order valence-electron chi connectivity index (χ3n) is 3.94. The molecule has 0 radical (unpaired) electrons. The van der Waals surface area contributed by atoms with Gasteiger partial charge in [0.2, 0.25) is 5.91 Å². The van der Waals surface area contributed by atoms with Gasteiger partial charge < -0.3 is 10.2 Å². The average Bonchev–Trinajstić information content (AvgIpc) is 3.16. The van der Waals surface area contributed by atoms with Crippen molar-refractivity contribution in [3.8, 4) is 5.69 Å². The minimum absolute atomic E-state index is 0.0329. The third-order valence-corrected chi connectivity index (χ3v) is 4.18. The summed E-state index contributed by atoms with van der Waals surface area (Å²) in [6.07, 6.45) is 1.40. The molecule has 2 aromatic carbocycles. The summed E-state index contributed by atoms with van der Waals surface area (Å²) in [5.41, 5.74) is 2.35. The molecular weight excluding hydrogens is 368 g/mol. The quantitative estimate of drug-likeness (QED) is 0.729. The van der Waals surface area contributed by atoms with Crippen molar-refractivity contribution in [1.29, 1.82) is 0 Å². The molecule has 0 unspecified atom stereocenters. The van der Waals surface area contributed by atoms with Crippen molar-refractivity contribution in [3.05, 3.63) is 64.9 Å². The lowest BCUT2D eigenvalue weighted by Crippen LogP contribution is -2.23. The van der Waals surface area contributed by atoms with E-state index in [2.05, 4.69) is 20.8 Å². The number of halogens is 1. The molecule has 27 heavy (non-hydrogen) atoms. The van der Waals surface area contributed by atoms with Crippen LogP contribution in [0.5, 0.6) is 0 Å². The molecule has 8 nitrogen and oxygen atoms in total. The van der Waals surface area contributed by atoms with Gasteiger partial charge in [-0.05, 0) is 46.3 Å². The zero-order valence-corrected chi connectivity index (χ0v) is 15.5. The first kappa shape index (κ1) is 18.5. The molecule has 0 saturated carbocycles. The molecule has 1 N–H and O–H groups in total. The first-order valence-corrected chi connectivity index (χ1v) is 8.47. The third kappa shape index (κ3) is 4.48. The van der Waals surface area contributed by atoms with Gasteiger partial charge in [0.15, 0.2) is 0 Å². The van der Waals surface area contributed by atoms with Gasteiger partial charge in [0, 0.05) is 31.2 Å². The van der Waals surface area contributed by atoms with E-state index in [4.69, 9.17) is 11.6 Å². The van der Waals surface area contributed by atoms with Crippen LogP contribution in [-0.2, 0) is 11.3 Å². The standard InChI is InChI=1S/C18H17ClN6O2/c1-12(26)24(2)10-13-4-3-5-15(8-13)21-18(27)16-9-14(19)6-7-17(16)25-11-20-22-23-25/h3-9,11H,10H2,1-2H3,(H,21,27). The molecule has 0 fully saturated rings. The van der Waals surface area contributed by atoms with Crippen LogP contribution in [0.15, 0.2) is 48.8 Å². The lowest BCUT2D eigenvalue weighted by molar-refractivity contribution is -0.128. The van der Waals surface area contributed by atoms with Crippen molar-refractivity contribution in [3.63, 3.8) is 0 Å². The molecule has 0 aliphatic carbocycles. The fraction of sp³-hybridized carbons (Fsp3) is 0.167. The Hall–Kier alpha value is -3.26. The summed E-state index contributed by atoms with van der Waals surface area (Å²) in [6.45, 7) is 1.96. The second-order valence-corrected chi connectivity index (χ2v) is 6.38. The van der Waals surface area contributed by atoms with Crippen LogP contribution in [0.2, 0.25) is 5.02 Å². The highest BCUT2D eigenvalue weighted by Crippen LogP contribution is 2.21. The minimum Gasteiger partial charge on any atom is -0.342 e. The molecular formula is C18H17ClN6O2. The number of amides is 2. The molecule has 2 amide bonds. The second kappa shape index (κ2) is 7.96. The molecule has 3 aromatic rings. The van der Waals surface area contributed by atoms with Gasteiger partial charge in [-0.15, -0.1) is 5.10 Å². The molecule has 9 heteroatoms. The molecule has 1 aromatic heterocycles. The Balaban J connectivity index is 1.84. The maximum atomic E-state index is 12.8. The Morgan fingerprint density at radius 2 is 2.04 bits per heavy atom. The fourth-order valence-corrected chi connectivity index (χ4v) is 2.66. The van der Waals surface area contributed by atoms with Gasteiger partial charge >= 0.3 is 0 Å². The lowest BCUT2D eigenvalue weighted by Gasteiger charge is -2.16. The van der Waals surface area contributed by atoms with Crippen LogP contribution in [0.25, 0.3) is 5.69 Å². The molecule has 0 spiro atoms. The highest BCUT2D eigenvalue weighted by atomic mass is 35.5. The molecule has 138 valence electrons. The van der Waals surface area contributed by atoms with Gasteiger partial charge in [0.25, 0.3) is 5.91 Å². The van der Waals surface area contributed by atoms with Crippen LogP contribution in [-0.4, -0.2) is 44.0 Å². The number of nitrogens with zero attached hydrogens (tertiary/aromatic N) is 5. The van der Waals surface area contributed by atoms with E-state index in [9.17, 15) is 9.59 Å². The topological polar surface area (TPSA) is 93.0 Å². The minimum atomic E-state index is -0.347. The van der Waals surface area contributed by atoms with Crippen LogP contribution in [0, 0.1) is 0 Å². The van der Waals surface area contributed by atoms with Gasteiger partial charge in [0.05, 0.1) is 11.3 Å². The van der Waals surface area contributed by atoms with Crippen molar-refractivity contribution in [2.45, 2.75) is 13.5 Å². The number of aromatic nitrogens is 4. The van der Waals surface area contributed by atoms with Crippen molar-refractivity contribution in [1.82, 2.24) is 25.1 Å². The van der Waals surface area contributed by atoms with Crippen molar-refractivity contribution < 1.29 is 9.59 Å². The molecule has 0 aliphatic rings. The first-order chi connectivity index (χ1) is 12.9. The van der Waals surface area contributed by atoms with Crippen LogP contribution >= 0.6 is 11.6 Å². The summed E-state index contributed by atoms with van der Waals surface area (Å²) in [5.74, 6) is -0.380. The summed E-state index contributed by atoms with van der Waals surface area (Å²) in [6, 6.07) is 12.2. The van der Waals surface area contributed by atoms with Gasteiger partial charge in [-0.3, -0.25) is 9.59 Å². The lowest BCUT2D eigenvalue weighted by atomic mass is 10.1. The van der Waals surface area contributed by atoms with Crippen LogP contribution < -0.4 is 5.32 Å². The average molecular weight is 385 g/mol. The predicted molar refractivity (Wildman–Crippen MR) is 101 cm³/mol. The molecule has 1 heterocycles. The molecule has 0 bridgehead atoms. The number of anilines is 1. The molecule has 0 aliphatic heterocycles. The predicted octanol–water partition coefficient (Wildman–Crippen LogP) is 2.55. The van der Waals surface area contributed by atoms with Gasteiger partial charge in [-0.2, -0.15) is 4.68 Å². The van der Waals surface area contributed by atoms with E-state index < -0.39 is 0 Å². The van der Waals surface area contributed by atoms with E-state index in [1.165, 1.54) is 17.9 Å². The smallest absolute Gasteiger partial charge is 0.257 e. The normalized spacial score (nSPS) is 10.5. The number of carbonyl (C=O) groups is 2. The second-order valence-electron chi connectivity index (χ2n) is 5.95. The molecule has 3 rings (SSSR count). The first-order valence-electron chi connectivity index (χ1n) is 8.09. The maximum Gasteiger partial charge on any atom is 0.257 e. The fourth-order valence-electron chi connectivity index (χ4n) is 2.49. The number of tetrazole rings is 1. The van der Waals surface area contributed by atoms with E-state index in [0.717, 1.165) is 5.56 Å². The maximum absolute atomic E-state index is 12.8. The van der Waals surface area contributed by atoms with Crippen molar-refractivity contribution in [2.24, 2.45) is 0 Å². The Bertz CT molecular complexity index is 974. The van der Waals surface area contributed by atoms with Gasteiger partial charge in [0.1, 0.15) is 6.33 Å². The summed E-state index contributed by atoms with van der Waals surface area (Å²) >= 11 is 6.06. The van der Waals surface area contributed by atoms with Gasteiger partial charge in [-0.1, -0.05) is 23.7 Å². The highest BCUT2D eigenvalue weighted by Gasteiger charge is 2.15. The molecule has 0 saturated heterocycles. The number of rotatable bonds is 5. The highest BCUT2D eigenvalue weighted by molar-refractivity contribution is 6.31. The Kier molecular flexibility index (Phi) is 5.46. The van der Waals surface area contributed by atoms with Crippen LogP contribution in [0.3, 0.4) is 0 Å². The zero-order valence-electron chi connectivity index (χ0n) is 14.8. The number of benzene rings is 2. The number of hydrogen-bond donors (Lipinski definition) is 1. The Labute approximate surface area is 160 Å². The zero-order chi connectivity index (χ0) is 19.4. The monoisotopic (exact) mass is 384 g/mol. The van der Waals surface area contributed by atoms with Crippen LogP contribution in [0.4, 0.5) is 5.69 Å². The number of carbonyl (C=O) groups excluding carboxylic acids is 2.